The predicted octanol–water partition coefficient (Wildman–Crippen LogP) is 2.20. The number of amides is 1. The van der Waals surface area contributed by atoms with Crippen molar-refractivity contribution in [1.29, 1.82) is 0 Å². The second-order valence-corrected chi connectivity index (χ2v) is 5.58. The summed E-state index contributed by atoms with van der Waals surface area (Å²) in [5.41, 5.74) is 2.22. The summed E-state index contributed by atoms with van der Waals surface area (Å²) in [4.78, 5) is 11.9. The van der Waals surface area contributed by atoms with E-state index in [4.69, 9.17) is 0 Å². The summed E-state index contributed by atoms with van der Waals surface area (Å²) in [5, 5.41) is 12.8. The van der Waals surface area contributed by atoms with Gasteiger partial charge in [0.2, 0.25) is 5.91 Å². The van der Waals surface area contributed by atoms with Gasteiger partial charge in [-0.05, 0) is 25.3 Å². The van der Waals surface area contributed by atoms with E-state index in [9.17, 15) is 9.90 Å². The Morgan fingerprint density at radius 2 is 2.16 bits per heavy atom. The Morgan fingerprint density at radius 1 is 1.37 bits per heavy atom. The fourth-order valence-corrected chi connectivity index (χ4v) is 2.74. The van der Waals surface area contributed by atoms with Crippen molar-refractivity contribution in [2.75, 3.05) is 6.54 Å². The maximum atomic E-state index is 11.9. The molecule has 19 heavy (non-hydrogen) atoms. The quantitative estimate of drug-likeness (QED) is 0.873. The Labute approximate surface area is 115 Å². The molecule has 1 aliphatic rings. The summed E-state index contributed by atoms with van der Waals surface area (Å²) in [5.74, 6) is 0.276. The van der Waals surface area contributed by atoms with Crippen LogP contribution in [0.4, 0.5) is 0 Å². The highest BCUT2D eigenvalue weighted by molar-refractivity contribution is 5.78. The van der Waals surface area contributed by atoms with Crippen LogP contribution in [0.3, 0.4) is 0 Å². The minimum absolute atomic E-state index is 0.0448. The van der Waals surface area contributed by atoms with Gasteiger partial charge in [0.05, 0.1) is 12.5 Å². The van der Waals surface area contributed by atoms with Crippen LogP contribution in [0.2, 0.25) is 0 Å². The van der Waals surface area contributed by atoms with E-state index in [0.717, 1.165) is 31.2 Å². The Bertz CT molecular complexity index is 431. The van der Waals surface area contributed by atoms with Crippen molar-refractivity contribution >= 4 is 5.91 Å². The Hall–Kier alpha value is -1.35. The monoisotopic (exact) mass is 261 g/mol. The zero-order chi connectivity index (χ0) is 13.7. The van der Waals surface area contributed by atoms with Gasteiger partial charge in [0.25, 0.3) is 0 Å². The van der Waals surface area contributed by atoms with Crippen LogP contribution in [0.1, 0.15) is 36.8 Å². The standard InChI is InChI=1S/C16H23NO2/c1-12-5-4-6-13(9-12)10-16(19)17-11-14-7-2-3-8-15(14)18/h4-6,9,14-15,18H,2-3,7-8,10-11H2,1H3,(H,17,19). The van der Waals surface area contributed by atoms with Crippen molar-refractivity contribution in [3.8, 4) is 0 Å². The molecule has 1 aromatic rings. The smallest absolute Gasteiger partial charge is 0.224 e. The number of nitrogens with one attached hydrogen (secondary N) is 1. The summed E-state index contributed by atoms with van der Waals surface area (Å²) in [7, 11) is 0. The van der Waals surface area contributed by atoms with Crippen molar-refractivity contribution in [3.05, 3.63) is 35.4 Å². The van der Waals surface area contributed by atoms with Crippen molar-refractivity contribution < 1.29 is 9.90 Å². The number of aliphatic hydroxyl groups is 1. The van der Waals surface area contributed by atoms with Crippen molar-refractivity contribution in [3.63, 3.8) is 0 Å². The second-order valence-electron chi connectivity index (χ2n) is 5.58. The van der Waals surface area contributed by atoms with Gasteiger partial charge in [-0.1, -0.05) is 42.7 Å². The predicted molar refractivity (Wildman–Crippen MR) is 75.9 cm³/mol. The molecule has 1 saturated carbocycles. The summed E-state index contributed by atoms with van der Waals surface area (Å²) in [6, 6.07) is 8.01. The van der Waals surface area contributed by atoms with E-state index < -0.39 is 0 Å². The van der Waals surface area contributed by atoms with Crippen LogP contribution < -0.4 is 5.32 Å². The van der Waals surface area contributed by atoms with E-state index >= 15 is 0 Å². The molecule has 2 N–H and O–H groups in total. The maximum Gasteiger partial charge on any atom is 0.224 e. The van der Waals surface area contributed by atoms with Crippen LogP contribution in [-0.2, 0) is 11.2 Å². The van der Waals surface area contributed by atoms with E-state index in [1.807, 2.05) is 31.2 Å². The molecule has 1 aromatic carbocycles. The highest BCUT2D eigenvalue weighted by Crippen LogP contribution is 2.23. The molecule has 1 aliphatic carbocycles. The molecule has 0 heterocycles. The van der Waals surface area contributed by atoms with Crippen LogP contribution in [0.15, 0.2) is 24.3 Å². The maximum absolute atomic E-state index is 11.9. The third kappa shape index (κ3) is 4.35. The largest absolute Gasteiger partial charge is 0.393 e. The van der Waals surface area contributed by atoms with Crippen LogP contribution in [0.5, 0.6) is 0 Å². The van der Waals surface area contributed by atoms with E-state index in [1.54, 1.807) is 0 Å². The molecule has 0 aliphatic heterocycles. The van der Waals surface area contributed by atoms with E-state index in [2.05, 4.69) is 5.32 Å². The number of benzene rings is 1. The number of aliphatic hydroxyl groups excluding tert-OH is 1. The summed E-state index contributed by atoms with van der Waals surface area (Å²) in [6.45, 7) is 2.63. The summed E-state index contributed by atoms with van der Waals surface area (Å²) < 4.78 is 0. The zero-order valence-electron chi connectivity index (χ0n) is 11.6. The average molecular weight is 261 g/mol. The Kier molecular flexibility index (Phi) is 4.97. The number of carbonyl (C=O) groups excluding carboxylic acids is 1. The van der Waals surface area contributed by atoms with Crippen LogP contribution in [-0.4, -0.2) is 23.7 Å². The second kappa shape index (κ2) is 6.71. The van der Waals surface area contributed by atoms with E-state index in [-0.39, 0.29) is 17.9 Å². The van der Waals surface area contributed by atoms with Crippen molar-refractivity contribution in [1.82, 2.24) is 5.32 Å². The lowest BCUT2D eigenvalue weighted by molar-refractivity contribution is -0.120. The van der Waals surface area contributed by atoms with Gasteiger partial charge in [-0.15, -0.1) is 0 Å². The van der Waals surface area contributed by atoms with Crippen LogP contribution >= 0.6 is 0 Å². The normalized spacial score (nSPS) is 23.1. The number of hydrogen-bond acceptors (Lipinski definition) is 2. The molecule has 3 nitrogen and oxygen atoms in total. The van der Waals surface area contributed by atoms with E-state index in [1.165, 1.54) is 5.56 Å². The first-order valence-electron chi connectivity index (χ1n) is 7.15. The molecule has 104 valence electrons. The SMILES string of the molecule is Cc1cccc(CC(=O)NCC2CCCCC2O)c1. The molecule has 0 aromatic heterocycles. The van der Waals surface area contributed by atoms with Gasteiger partial charge in [0.1, 0.15) is 0 Å². The molecule has 2 unspecified atom stereocenters. The molecular formula is C16H23NO2. The minimum Gasteiger partial charge on any atom is -0.393 e. The highest BCUT2D eigenvalue weighted by atomic mass is 16.3. The molecule has 2 rings (SSSR count). The average Bonchev–Trinajstić information content (AvgIpc) is 2.38. The van der Waals surface area contributed by atoms with E-state index in [0.29, 0.717) is 13.0 Å². The fraction of sp³-hybridized carbons (Fsp3) is 0.562. The molecule has 3 heteroatoms. The van der Waals surface area contributed by atoms with Crippen LogP contribution in [0.25, 0.3) is 0 Å². The van der Waals surface area contributed by atoms with Crippen molar-refractivity contribution in [2.45, 2.75) is 45.1 Å². The molecule has 0 spiro atoms. The zero-order valence-corrected chi connectivity index (χ0v) is 11.6. The number of rotatable bonds is 4. The Morgan fingerprint density at radius 3 is 2.89 bits per heavy atom. The minimum atomic E-state index is -0.243. The van der Waals surface area contributed by atoms with Gasteiger partial charge in [-0.3, -0.25) is 4.79 Å². The van der Waals surface area contributed by atoms with Gasteiger partial charge in [0, 0.05) is 12.5 Å². The third-order valence-corrected chi connectivity index (χ3v) is 3.88. The number of carbonyl (C=O) groups is 1. The first kappa shape index (κ1) is 14.1. The molecule has 0 saturated heterocycles. The molecule has 2 atom stereocenters. The third-order valence-electron chi connectivity index (χ3n) is 3.88. The summed E-state index contributed by atoms with van der Waals surface area (Å²) >= 11 is 0. The van der Waals surface area contributed by atoms with Gasteiger partial charge >= 0.3 is 0 Å². The van der Waals surface area contributed by atoms with Gasteiger partial charge in [0.15, 0.2) is 0 Å². The number of hydrogen-bond donors (Lipinski definition) is 2. The fourth-order valence-electron chi connectivity index (χ4n) is 2.74. The van der Waals surface area contributed by atoms with Crippen molar-refractivity contribution in [2.24, 2.45) is 5.92 Å². The molecule has 0 bridgehead atoms. The van der Waals surface area contributed by atoms with Gasteiger partial charge in [-0.2, -0.15) is 0 Å². The van der Waals surface area contributed by atoms with Gasteiger partial charge in [-0.25, -0.2) is 0 Å². The lowest BCUT2D eigenvalue weighted by atomic mass is 9.86. The topological polar surface area (TPSA) is 49.3 Å². The lowest BCUT2D eigenvalue weighted by Crippen LogP contribution is -2.37. The van der Waals surface area contributed by atoms with Gasteiger partial charge < -0.3 is 10.4 Å². The molecular weight excluding hydrogens is 238 g/mol. The van der Waals surface area contributed by atoms with Crippen LogP contribution in [0, 0.1) is 12.8 Å². The first-order chi connectivity index (χ1) is 9.15. The first-order valence-corrected chi connectivity index (χ1v) is 7.15. The Balaban J connectivity index is 1.78. The molecule has 1 fully saturated rings. The summed E-state index contributed by atoms with van der Waals surface area (Å²) in [6.07, 6.45) is 4.34. The highest BCUT2D eigenvalue weighted by Gasteiger charge is 2.23. The number of aryl methyl sites for hydroxylation is 1. The molecule has 0 radical (unpaired) electrons. The molecule has 1 amide bonds. The lowest BCUT2D eigenvalue weighted by Gasteiger charge is -2.27.